The summed E-state index contributed by atoms with van der Waals surface area (Å²) in [4.78, 5) is 14.1. The predicted octanol–water partition coefficient (Wildman–Crippen LogP) is 3.16. The smallest absolute Gasteiger partial charge is 0.287 e. The lowest BCUT2D eigenvalue weighted by atomic mass is 9.95. The number of aromatic nitrogens is 2. The first-order valence-corrected chi connectivity index (χ1v) is 7.60. The summed E-state index contributed by atoms with van der Waals surface area (Å²) in [5.74, 6) is 0.0756. The quantitative estimate of drug-likeness (QED) is 0.852. The van der Waals surface area contributed by atoms with Gasteiger partial charge in [0, 0.05) is 13.6 Å². The molecule has 2 heterocycles. The highest BCUT2D eigenvalue weighted by molar-refractivity contribution is 6.33. The van der Waals surface area contributed by atoms with Gasteiger partial charge in [-0.3, -0.25) is 4.79 Å². The Morgan fingerprint density at radius 1 is 1.41 bits per heavy atom. The first-order valence-electron chi connectivity index (χ1n) is 7.23. The second-order valence-electron chi connectivity index (χ2n) is 5.73. The minimum atomic E-state index is -0.322. The highest BCUT2D eigenvalue weighted by atomic mass is 35.5. The fourth-order valence-corrected chi connectivity index (χ4v) is 3.40. The Hall–Kier alpha value is -1.88. The van der Waals surface area contributed by atoms with Crippen LogP contribution in [0.3, 0.4) is 0 Å². The van der Waals surface area contributed by atoms with E-state index in [1.807, 2.05) is 6.07 Å². The molecule has 0 amide bonds. The van der Waals surface area contributed by atoms with Gasteiger partial charge in [-0.15, -0.1) is 0 Å². The molecule has 2 aromatic rings. The van der Waals surface area contributed by atoms with E-state index in [1.54, 1.807) is 25.4 Å². The van der Waals surface area contributed by atoms with Crippen LogP contribution in [-0.2, 0) is 7.05 Å². The summed E-state index contributed by atoms with van der Waals surface area (Å²) in [7, 11) is 1.56. The molecule has 1 aromatic carbocycles. The van der Waals surface area contributed by atoms with Gasteiger partial charge in [0.25, 0.3) is 5.56 Å². The summed E-state index contributed by atoms with van der Waals surface area (Å²) in [6.45, 7) is 2.88. The van der Waals surface area contributed by atoms with Crippen LogP contribution in [0.1, 0.15) is 24.9 Å². The molecule has 3 rings (SSSR count). The third-order valence-electron chi connectivity index (χ3n) is 4.26. The molecule has 0 N–H and O–H groups in total. The summed E-state index contributed by atoms with van der Waals surface area (Å²) >= 11 is 6.22. The molecule has 0 saturated carbocycles. The Morgan fingerprint density at radius 2 is 2.18 bits per heavy atom. The van der Waals surface area contributed by atoms with Crippen LogP contribution in [0.2, 0.25) is 5.02 Å². The number of aryl methyl sites for hydroxylation is 1. The zero-order valence-corrected chi connectivity index (χ0v) is 13.2. The molecule has 0 radical (unpaired) electrons. The number of hydrogen-bond donors (Lipinski definition) is 0. The molecule has 1 aromatic heterocycles. The number of hydrogen-bond acceptors (Lipinski definition) is 3. The lowest BCUT2D eigenvalue weighted by molar-refractivity contribution is 0.527. The van der Waals surface area contributed by atoms with E-state index >= 15 is 0 Å². The van der Waals surface area contributed by atoms with Crippen molar-refractivity contribution in [3.8, 4) is 0 Å². The van der Waals surface area contributed by atoms with Crippen molar-refractivity contribution in [1.29, 1.82) is 0 Å². The standard InChI is InChI=1S/C16H17ClFN3O/c1-10-6-7-21(13-9-19-20(2)16(22)14(13)17)15(10)11-4-3-5-12(18)8-11/h3-5,8-10,15H,6-7H2,1-2H3. The van der Waals surface area contributed by atoms with Crippen molar-refractivity contribution in [2.45, 2.75) is 19.4 Å². The number of halogens is 2. The lowest BCUT2D eigenvalue weighted by Crippen LogP contribution is -2.29. The minimum Gasteiger partial charge on any atom is -0.362 e. The van der Waals surface area contributed by atoms with Gasteiger partial charge >= 0.3 is 0 Å². The zero-order valence-electron chi connectivity index (χ0n) is 12.5. The molecule has 1 fully saturated rings. The highest BCUT2D eigenvalue weighted by Gasteiger charge is 2.34. The van der Waals surface area contributed by atoms with E-state index in [2.05, 4.69) is 16.9 Å². The fraction of sp³-hybridized carbons (Fsp3) is 0.375. The fourth-order valence-electron chi connectivity index (χ4n) is 3.12. The van der Waals surface area contributed by atoms with Gasteiger partial charge in [0.2, 0.25) is 0 Å². The maximum absolute atomic E-state index is 13.6. The summed E-state index contributed by atoms with van der Waals surface area (Å²) in [5, 5.41) is 4.22. The van der Waals surface area contributed by atoms with Crippen LogP contribution in [0.25, 0.3) is 0 Å². The molecule has 22 heavy (non-hydrogen) atoms. The largest absolute Gasteiger partial charge is 0.362 e. The first-order chi connectivity index (χ1) is 10.5. The molecule has 0 aliphatic carbocycles. The molecule has 0 bridgehead atoms. The molecule has 4 nitrogen and oxygen atoms in total. The van der Waals surface area contributed by atoms with Crippen molar-refractivity contribution in [3.63, 3.8) is 0 Å². The molecule has 116 valence electrons. The minimum absolute atomic E-state index is 0.0119. The Kier molecular flexibility index (Phi) is 3.91. The van der Waals surface area contributed by atoms with E-state index in [0.717, 1.165) is 18.5 Å². The first kappa shape index (κ1) is 15.0. The highest BCUT2D eigenvalue weighted by Crippen LogP contribution is 2.41. The second kappa shape index (κ2) is 5.72. The summed E-state index contributed by atoms with van der Waals surface area (Å²) < 4.78 is 14.8. The van der Waals surface area contributed by atoms with E-state index < -0.39 is 0 Å². The Morgan fingerprint density at radius 3 is 2.91 bits per heavy atom. The average molecular weight is 322 g/mol. The average Bonchev–Trinajstić information content (AvgIpc) is 2.86. The van der Waals surface area contributed by atoms with Crippen LogP contribution in [0.15, 0.2) is 35.3 Å². The van der Waals surface area contributed by atoms with Crippen molar-refractivity contribution < 1.29 is 4.39 Å². The van der Waals surface area contributed by atoms with Gasteiger partial charge in [-0.2, -0.15) is 5.10 Å². The number of nitrogens with zero attached hydrogens (tertiary/aromatic N) is 3. The van der Waals surface area contributed by atoms with Gasteiger partial charge in [-0.25, -0.2) is 9.07 Å². The van der Waals surface area contributed by atoms with Crippen molar-refractivity contribution in [1.82, 2.24) is 9.78 Å². The molecule has 1 aliphatic rings. The number of benzene rings is 1. The van der Waals surface area contributed by atoms with Gasteiger partial charge in [-0.05, 0) is 30.0 Å². The molecule has 2 atom stereocenters. The van der Waals surface area contributed by atoms with Crippen LogP contribution in [0.4, 0.5) is 10.1 Å². The van der Waals surface area contributed by atoms with Gasteiger partial charge in [-0.1, -0.05) is 30.7 Å². The molecule has 2 unspecified atom stereocenters. The SMILES string of the molecule is CC1CCN(c2cnn(C)c(=O)c2Cl)C1c1cccc(F)c1. The van der Waals surface area contributed by atoms with Crippen molar-refractivity contribution in [2.75, 3.05) is 11.4 Å². The Balaban J connectivity index is 2.07. The van der Waals surface area contributed by atoms with Gasteiger partial charge in [0.15, 0.2) is 0 Å². The van der Waals surface area contributed by atoms with Crippen molar-refractivity contribution >= 4 is 17.3 Å². The molecule has 6 heteroatoms. The van der Waals surface area contributed by atoms with Crippen LogP contribution in [0.5, 0.6) is 0 Å². The predicted molar refractivity (Wildman–Crippen MR) is 84.8 cm³/mol. The van der Waals surface area contributed by atoms with E-state index in [1.165, 1.54) is 10.7 Å². The Labute approximate surface area is 133 Å². The molecular formula is C16H17ClFN3O. The van der Waals surface area contributed by atoms with Crippen LogP contribution in [-0.4, -0.2) is 16.3 Å². The van der Waals surface area contributed by atoms with E-state index in [9.17, 15) is 9.18 Å². The van der Waals surface area contributed by atoms with Gasteiger partial charge in [0.05, 0.1) is 17.9 Å². The van der Waals surface area contributed by atoms with Gasteiger partial charge in [0.1, 0.15) is 10.8 Å². The van der Waals surface area contributed by atoms with E-state index in [4.69, 9.17) is 11.6 Å². The zero-order chi connectivity index (χ0) is 15.9. The topological polar surface area (TPSA) is 38.1 Å². The summed E-state index contributed by atoms with van der Waals surface area (Å²) in [5.41, 5.74) is 1.18. The van der Waals surface area contributed by atoms with Crippen molar-refractivity contribution in [3.05, 3.63) is 57.2 Å². The third kappa shape index (κ3) is 2.50. The van der Waals surface area contributed by atoms with E-state index in [0.29, 0.717) is 11.6 Å². The Bertz CT molecular complexity index is 761. The second-order valence-corrected chi connectivity index (χ2v) is 6.11. The summed E-state index contributed by atoms with van der Waals surface area (Å²) in [6.07, 6.45) is 2.56. The van der Waals surface area contributed by atoms with Crippen LogP contribution in [0, 0.1) is 11.7 Å². The molecular weight excluding hydrogens is 305 g/mol. The van der Waals surface area contributed by atoms with E-state index in [-0.39, 0.29) is 22.4 Å². The lowest BCUT2D eigenvalue weighted by Gasteiger charge is -2.29. The maximum atomic E-state index is 13.6. The van der Waals surface area contributed by atoms with Crippen molar-refractivity contribution in [2.24, 2.45) is 13.0 Å². The maximum Gasteiger partial charge on any atom is 0.287 e. The third-order valence-corrected chi connectivity index (χ3v) is 4.61. The number of rotatable bonds is 2. The van der Waals surface area contributed by atoms with Crippen LogP contribution < -0.4 is 10.5 Å². The monoisotopic (exact) mass is 321 g/mol. The summed E-state index contributed by atoms with van der Waals surface area (Å²) in [6, 6.07) is 6.58. The normalized spacial score (nSPS) is 21.4. The molecule has 1 aliphatic heterocycles. The van der Waals surface area contributed by atoms with Crippen LogP contribution >= 0.6 is 11.6 Å². The van der Waals surface area contributed by atoms with Gasteiger partial charge < -0.3 is 4.90 Å². The molecule has 1 saturated heterocycles. The molecule has 0 spiro atoms. The number of anilines is 1.